The Labute approximate surface area is 380 Å². The van der Waals surface area contributed by atoms with Gasteiger partial charge >= 0.3 is 0 Å². The normalized spacial score (nSPS) is 15.3. The molecule has 0 spiro atoms. The topological polar surface area (TPSA) is 25.8 Å². The molecule has 0 amide bonds. The molecular formula is C62H60N2. The first-order chi connectivity index (χ1) is 31.3. The summed E-state index contributed by atoms with van der Waals surface area (Å²) in [5.41, 5.74) is 16.0. The predicted octanol–water partition coefficient (Wildman–Crippen LogP) is 17.3. The molecule has 1 heterocycles. The maximum Gasteiger partial charge on any atom is 0.160 e. The minimum atomic E-state index is 0.205. The van der Waals surface area contributed by atoms with Crippen LogP contribution in [0.3, 0.4) is 0 Å². The Morgan fingerprint density at radius 3 is 1.94 bits per heavy atom. The molecule has 9 rings (SSSR count). The largest absolute Gasteiger partial charge is 0.232 e. The molecule has 0 bridgehead atoms. The molecule has 0 fully saturated rings. The quantitative estimate of drug-likeness (QED) is 0.0905. The van der Waals surface area contributed by atoms with Crippen molar-refractivity contribution in [1.82, 2.24) is 9.97 Å². The summed E-state index contributed by atoms with van der Waals surface area (Å²) >= 11 is 0. The number of aromatic nitrogens is 2. The first-order valence-corrected chi connectivity index (χ1v) is 23.5. The molecule has 3 unspecified atom stereocenters. The third-order valence-electron chi connectivity index (χ3n) is 14.1. The van der Waals surface area contributed by atoms with Gasteiger partial charge < -0.3 is 0 Å². The lowest BCUT2D eigenvalue weighted by Gasteiger charge is -2.26. The fourth-order valence-corrected chi connectivity index (χ4v) is 10.2. The predicted molar refractivity (Wildman–Crippen MR) is 277 cm³/mol. The highest BCUT2D eigenvalue weighted by atomic mass is 14.9. The summed E-state index contributed by atoms with van der Waals surface area (Å²) in [6.07, 6.45) is 17.7. The Balaban J connectivity index is 1.19. The van der Waals surface area contributed by atoms with E-state index in [1.807, 2.05) is 0 Å². The van der Waals surface area contributed by atoms with Gasteiger partial charge in [0.1, 0.15) is 0 Å². The third-order valence-corrected chi connectivity index (χ3v) is 14.1. The van der Waals surface area contributed by atoms with Gasteiger partial charge in [-0.1, -0.05) is 198 Å². The molecule has 64 heavy (non-hydrogen) atoms. The van der Waals surface area contributed by atoms with E-state index >= 15 is 0 Å². The second-order valence-electron chi connectivity index (χ2n) is 17.9. The minimum Gasteiger partial charge on any atom is -0.232 e. The van der Waals surface area contributed by atoms with Gasteiger partial charge in [0.05, 0.1) is 11.4 Å². The van der Waals surface area contributed by atoms with E-state index in [9.17, 15) is 0 Å². The fourth-order valence-electron chi connectivity index (χ4n) is 10.2. The zero-order chi connectivity index (χ0) is 44.3. The maximum absolute atomic E-state index is 5.49. The monoisotopic (exact) mass is 832 g/mol. The van der Waals surface area contributed by atoms with E-state index in [0.717, 1.165) is 48.5 Å². The van der Waals surface area contributed by atoms with Crippen molar-refractivity contribution < 1.29 is 0 Å². The van der Waals surface area contributed by atoms with Crippen LogP contribution < -0.4 is 0 Å². The summed E-state index contributed by atoms with van der Waals surface area (Å²) in [5.74, 6) is 1.72. The Hall–Kier alpha value is -6.64. The Morgan fingerprint density at radius 2 is 1.28 bits per heavy atom. The number of fused-ring (bicyclic) bond motifs is 6. The molecule has 0 saturated heterocycles. The molecule has 2 heteroatoms. The molecule has 3 atom stereocenters. The van der Waals surface area contributed by atoms with Gasteiger partial charge in [0.15, 0.2) is 5.82 Å². The molecule has 1 aliphatic carbocycles. The van der Waals surface area contributed by atoms with Crippen LogP contribution in [-0.2, 0) is 6.42 Å². The van der Waals surface area contributed by atoms with Crippen LogP contribution in [0.25, 0.3) is 77.1 Å². The van der Waals surface area contributed by atoms with Crippen LogP contribution in [0.2, 0.25) is 0 Å². The standard InChI is InChI=1S/C62H60N2/c1-8-23-51-50(44(10-3)38-58(41(5)40(4)9-2)61-43(7)60(45-24-13-11-14-25-45)63-62(64-61)46-26-15-12-16-27-46)34-22-35-52(51)49-33-21-32-48(42(49)6)47-36-37-57-55-30-18-17-28-53(55)54-29-19-20-31-56(54)59(57)39-47/h10-22,24,26-41,45H,8-9,23,25H2,1-7H3/b44-10+,58-38+. The van der Waals surface area contributed by atoms with Gasteiger partial charge in [-0.25, -0.2) is 9.97 Å². The summed E-state index contributed by atoms with van der Waals surface area (Å²) in [7, 11) is 0. The number of allylic oxidation sites excluding steroid dienone is 8. The van der Waals surface area contributed by atoms with Gasteiger partial charge in [-0.3, -0.25) is 0 Å². The summed E-state index contributed by atoms with van der Waals surface area (Å²) in [4.78, 5) is 10.8. The first-order valence-electron chi connectivity index (χ1n) is 23.5. The fraction of sp³-hybridized carbons (Fsp3) is 0.226. The van der Waals surface area contributed by atoms with Crippen molar-refractivity contribution in [2.75, 3.05) is 0 Å². The molecule has 0 radical (unpaired) electrons. The van der Waals surface area contributed by atoms with Crippen LogP contribution in [0.4, 0.5) is 0 Å². The lowest BCUT2D eigenvalue weighted by molar-refractivity contribution is 0.456. The highest BCUT2D eigenvalue weighted by molar-refractivity contribution is 6.25. The summed E-state index contributed by atoms with van der Waals surface area (Å²) in [5, 5.41) is 7.80. The van der Waals surface area contributed by atoms with E-state index in [2.05, 4.69) is 218 Å². The number of nitrogens with zero attached hydrogens (tertiary/aromatic N) is 2. The highest BCUT2D eigenvalue weighted by Crippen LogP contribution is 2.43. The number of benzene rings is 7. The average molecular weight is 833 g/mol. The number of hydrogen-bond acceptors (Lipinski definition) is 2. The van der Waals surface area contributed by atoms with Crippen LogP contribution in [0.15, 0.2) is 170 Å². The molecule has 0 saturated carbocycles. The van der Waals surface area contributed by atoms with Crippen LogP contribution in [0, 0.1) is 25.7 Å². The van der Waals surface area contributed by atoms with Gasteiger partial charge in [0.25, 0.3) is 0 Å². The summed E-state index contributed by atoms with van der Waals surface area (Å²) in [6.45, 7) is 16.2. The molecule has 7 aromatic carbocycles. The van der Waals surface area contributed by atoms with E-state index in [1.54, 1.807) is 0 Å². The van der Waals surface area contributed by atoms with Crippen molar-refractivity contribution in [2.45, 2.75) is 80.1 Å². The van der Waals surface area contributed by atoms with E-state index in [0.29, 0.717) is 5.92 Å². The van der Waals surface area contributed by atoms with Gasteiger partial charge in [-0.15, -0.1) is 0 Å². The first kappa shape index (κ1) is 42.7. The molecule has 8 aromatic rings. The lowest BCUT2D eigenvalue weighted by atomic mass is 9.80. The second-order valence-corrected chi connectivity index (χ2v) is 17.9. The van der Waals surface area contributed by atoms with Crippen molar-refractivity contribution >= 4 is 43.5 Å². The van der Waals surface area contributed by atoms with E-state index < -0.39 is 0 Å². The van der Waals surface area contributed by atoms with E-state index in [4.69, 9.17) is 9.97 Å². The van der Waals surface area contributed by atoms with E-state index in [1.165, 1.54) is 88.0 Å². The Morgan fingerprint density at radius 1 is 0.641 bits per heavy atom. The van der Waals surface area contributed by atoms with Gasteiger partial charge in [-0.05, 0) is 146 Å². The Kier molecular flexibility index (Phi) is 12.4. The zero-order valence-corrected chi connectivity index (χ0v) is 38.6. The third kappa shape index (κ3) is 7.96. The molecule has 1 aliphatic rings. The Bertz CT molecular complexity index is 3110. The maximum atomic E-state index is 5.49. The molecule has 318 valence electrons. The van der Waals surface area contributed by atoms with Crippen molar-refractivity contribution in [2.24, 2.45) is 11.8 Å². The highest BCUT2D eigenvalue weighted by Gasteiger charge is 2.26. The van der Waals surface area contributed by atoms with Crippen molar-refractivity contribution in [3.8, 4) is 33.6 Å². The molecular weight excluding hydrogens is 773 g/mol. The molecule has 1 aromatic heterocycles. The van der Waals surface area contributed by atoms with Crippen LogP contribution in [-0.4, -0.2) is 9.97 Å². The van der Waals surface area contributed by atoms with Crippen molar-refractivity contribution in [1.29, 1.82) is 0 Å². The molecule has 0 N–H and O–H groups in total. The lowest BCUT2D eigenvalue weighted by Crippen LogP contribution is -2.15. The van der Waals surface area contributed by atoms with Crippen LogP contribution in [0.5, 0.6) is 0 Å². The van der Waals surface area contributed by atoms with Crippen LogP contribution in [0.1, 0.15) is 93.4 Å². The van der Waals surface area contributed by atoms with E-state index in [-0.39, 0.29) is 11.8 Å². The SMILES string of the molecule is C/C=C(\C=C(\c1nc(-c2ccccc2)nc(C2C=CC=CC2)c1C)C(C)C(C)CC)c1cccc(-c2cccc(-c3ccc4c5ccccc5c5ccccc5c4c3)c2C)c1CCC. The van der Waals surface area contributed by atoms with Gasteiger partial charge in [0.2, 0.25) is 0 Å². The van der Waals surface area contributed by atoms with Crippen molar-refractivity contribution in [3.63, 3.8) is 0 Å². The smallest absolute Gasteiger partial charge is 0.160 e. The summed E-state index contributed by atoms with van der Waals surface area (Å²) in [6, 6.07) is 49.1. The van der Waals surface area contributed by atoms with Gasteiger partial charge in [0, 0.05) is 11.5 Å². The molecule has 0 aliphatic heterocycles. The second kappa shape index (κ2) is 18.6. The average Bonchev–Trinajstić information content (AvgIpc) is 3.35. The van der Waals surface area contributed by atoms with Crippen molar-refractivity contribution in [3.05, 3.63) is 204 Å². The number of hydrogen-bond donors (Lipinski definition) is 0. The zero-order valence-electron chi connectivity index (χ0n) is 38.6. The minimum absolute atomic E-state index is 0.205. The van der Waals surface area contributed by atoms with Gasteiger partial charge in [-0.2, -0.15) is 0 Å². The number of rotatable bonds is 12. The summed E-state index contributed by atoms with van der Waals surface area (Å²) < 4.78 is 0. The molecule has 2 nitrogen and oxygen atoms in total. The van der Waals surface area contributed by atoms with Crippen LogP contribution >= 0.6 is 0 Å².